The van der Waals surface area contributed by atoms with Crippen LogP contribution in [0.15, 0.2) is 0 Å². The first-order valence-corrected chi connectivity index (χ1v) is 6.55. The molecule has 0 bridgehead atoms. The van der Waals surface area contributed by atoms with Crippen molar-refractivity contribution < 1.29 is 9.90 Å². The molecule has 1 aliphatic carbocycles. The molecule has 0 spiro atoms. The summed E-state index contributed by atoms with van der Waals surface area (Å²) in [5.41, 5.74) is 5.64. The summed E-state index contributed by atoms with van der Waals surface area (Å²) in [7, 11) is 0. The molecule has 1 fully saturated rings. The summed E-state index contributed by atoms with van der Waals surface area (Å²) >= 11 is 0. The lowest BCUT2D eigenvalue weighted by Crippen LogP contribution is -2.24. The van der Waals surface area contributed by atoms with E-state index in [1.807, 2.05) is 0 Å². The van der Waals surface area contributed by atoms with E-state index in [2.05, 4.69) is 6.92 Å². The fourth-order valence-corrected chi connectivity index (χ4v) is 2.93. The molecular formula is C13H25NO2. The van der Waals surface area contributed by atoms with Crippen molar-refractivity contribution in [2.75, 3.05) is 6.54 Å². The van der Waals surface area contributed by atoms with Crippen LogP contribution in [0.25, 0.3) is 0 Å². The van der Waals surface area contributed by atoms with E-state index in [1.54, 1.807) is 0 Å². The maximum atomic E-state index is 10.7. The maximum absolute atomic E-state index is 10.7. The largest absolute Gasteiger partial charge is 0.481 e. The molecule has 3 nitrogen and oxygen atoms in total. The van der Waals surface area contributed by atoms with Gasteiger partial charge in [-0.15, -0.1) is 0 Å². The molecule has 0 amide bonds. The Morgan fingerprint density at radius 3 is 2.50 bits per heavy atom. The standard InChI is InChI=1S/C13H25NO2/c1-10(12-5-3-2-4-6-12)7-11(9-14)8-13(15)16/h10-12H,2-9,14H2,1H3,(H,15,16)/t10-,11-/m0/s1. The fraction of sp³-hybridized carbons (Fsp3) is 0.923. The van der Waals surface area contributed by atoms with Gasteiger partial charge >= 0.3 is 5.97 Å². The summed E-state index contributed by atoms with van der Waals surface area (Å²) in [5, 5.41) is 8.78. The summed E-state index contributed by atoms with van der Waals surface area (Å²) in [5.74, 6) is 0.880. The van der Waals surface area contributed by atoms with Crippen LogP contribution in [0.3, 0.4) is 0 Å². The average Bonchev–Trinajstić information content (AvgIpc) is 2.28. The van der Waals surface area contributed by atoms with Gasteiger partial charge in [0.25, 0.3) is 0 Å². The van der Waals surface area contributed by atoms with Crippen LogP contribution in [-0.4, -0.2) is 17.6 Å². The van der Waals surface area contributed by atoms with E-state index in [4.69, 9.17) is 10.8 Å². The first kappa shape index (κ1) is 13.5. The van der Waals surface area contributed by atoms with E-state index in [9.17, 15) is 4.79 Å². The van der Waals surface area contributed by atoms with Crippen LogP contribution in [0.4, 0.5) is 0 Å². The molecule has 0 aromatic rings. The van der Waals surface area contributed by atoms with E-state index < -0.39 is 5.97 Å². The van der Waals surface area contributed by atoms with Gasteiger partial charge < -0.3 is 10.8 Å². The van der Waals surface area contributed by atoms with Gasteiger partial charge in [-0.3, -0.25) is 4.79 Å². The van der Waals surface area contributed by atoms with E-state index in [-0.39, 0.29) is 12.3 Å². The van der Waals surface area contributed by atoms with Crippen molar-refractivity contribution in [1.82, 2.24) is 0 Å². The maximum Gasteiger partial charge on any atom is 0.303 e. The molecular weight excluding hydrogens is 202 g/mol. The highest BCUT2D eigenvalue weighted by Crippen LogP contribution is 2.33. The first-order valence-electron chi connectivity index (χ1n) is 6.55. The number of hydrogen-bond acceptors (Lipinski definition) is 2. The van der Waals surface area contributed by atoms with Gasteiger partial charge in [0.15, 0.2) is 0 Å². The third kappa shape index (κ3) is 4.52. The molecule has 0 aliphatic heterocycles. The van der Waals surface area contributed by atoms with E-state index in [0.29, 0.717) is 12.5 Å². The Bertz CT molecular complexity index is 212. The Morgan fingerprint density at radius 1 is 1.38 bits per heavy atom. The number of carboxylic acid groups (broad SMARTS) is 1. The quantitative estimate of drug-likeness (QED) is 0.733. The molecule has 1 aliphatic rings. The average molecular weight is 227 g/mol. The minimum absolute atomic E-state index is 0.162. The zero-order valence-corrected chi connectivity index (χ0v) is 10.3. The van der Waals surface area contributed by atoms with Crippen molar-refractivity contribution in [1.29, 1.82) is 0 Å². The lowest BCUT2D eigenvalue weighted by Gasteiger charge is -2.29. The predicted molar refractivity (Wildman–Crippen MR) is 65.2 cm³/mol. The highest BCUT2D eigenvalue weighted by atomic mass is 16.4. The van der Waals surface area contributed by atoms with Crippen molar-refractivity contribution in [3.05, 3.63) is 0 Å². The van der Waals surface area contributed by atoms with E-state index in [0.717, 1.165) is 12.3 Å². The molecule has 16 heavy (non-hydrogen) atoms. The highest BCUT2D eigenvalue weighted by Gasteiger charge is 2.23. The van der Waals surface area contributed by atoms with Gasteiger partial charge in [-0.25, -0.2) is 0 Å². The van der Waals surface area contributed by atoms with Gasteiger partial charge in [0.05, 0.1) is 0 Å². The van der Waals surface area contributed by atoms with Crippen LogP contribution in [-0.2, 0) is 4.79 Å². The van der Waals surface area contributed by atoms with Crippen LogP contribution < -0.4 is 5.73 Å². The fourth-order valence-electron chi connectivity index (χ4n) is 2.93. The minimum atomic E-state index is -0.716. The molecule has 1 saturated carbocycles. The molecule has 3 heteroatoms. The van der Waals surface area contributed by atoms with Crippen molar-refractivity contribution in [3.8, 4) is 0 Å². The minimum Gasteiger partial charge on any atom is -0.481 e. The van der Waals surface area contributed by atoms with Crippen molar-refractivity contribution in [3.63, 3.8) is 0 Å². The summed E-state index contributed by atoms with van der Waals surface area (Å²) in [6.45, 7) is 2.77. The van der Waals surface area contributed by atoms with Crippen LogP contribution in [0.1, 0.15) is 51.9 Å². The summed E-state index contributed by atoms with van der Waals surface area (Å²) in [6, 6.07) is 0. The molecule has 94 valence electrons. The molecule has 3 N–H and O–H groups in total. The third-order valence-electron chi connectivity index (χ3n) is 3.96. The SMILES string of the molecule is C[C@@H](C[C@H](CN)CC(=O)O)C1CCCCC1. The second-order valence-corrected chi connectivity index (χ2v) is 5.31. The second kappa shape index (κ2) is 6.89. The number of rotatable bonds is 6. The Kier molecular flexibility index (Phi) is 5.81. The van der Waals surface area contributed by atoms with Gasteiger partial charge in [-0.05, 0) is 30.7 Å². The molecule has 0 aromatic heterocycles. The first-order chi connectivity index (χ1) is 7.63. The number of nitrogens with two attached hydrogens (primary N) is 1. The normalized spacial score (nSPS) is 21.6. The number of carbonyl (C=O) groups is 1. The summed E-state index contributed by atoms with van der Waals surface area (Å²) < 4.78 is 0. The predicted octanol–water partition coefficient (Wildman–Crippen LogP) is 2.64. The highest BCUT2D eigenvalue weighted by molar-refractivity contribution is 5.67. The summed E-state index contributed by atoms with van der Waals surface area (Å²) in [6.07, 6.45) is 7.93. The zero-order valence-electron chi connectivity index (χ0n) is 10.3. The number of hydrogen-bond donors (Lipinski definition) is 2. The molecule has 2 atom stereocenters. The van der Waals surface area contributed by atoms with Crippen molar-refractivity contribution >= 4 is 5.97 Å². The van der Waals surface area contributed by atoms with Crippen molar-refractivity contribution in [2.24, 2.45) is 23.5 Å². The van der Waals surface area contributed by atoms with Gasteiger partial charge in [-0.2, -0.15) is 0 Å². The third-order valence-corrected chi connectivity index (χ3v) is 3.96. The molecule has 0 aromatic carbocycles. The van der Waals surface area contributed by atoms with E-state index in [1.165, 1.54) is 32.1 Å². The zero-order chi connectivity index (χ0) is 12.0. The summed E-state index contributed by atoms with van der Waals surface area (Å²) in [4.78, 5) is 10.7. The number of aliphatic carboxylic acids is 1. The lowest BCUT2D eigenvalue weighted by molar-refractivity contribution is -0.138. The molecule has 0 unspecified atom stereocenters. The van der Waals surface area contributed by atoms with Crippen LogP contribution >= 0.6 is 0 Å². The Labute approximate surface area is 98.4 Å². The van der Waals surface area contributed by atoms with Crippen LogP contribution in [0.2, 0.25) is 0 Å². The molecule has 0 saturated heterocycles. The Morgan fingerprint density at radius 2 is 2.00 bits per heavy atom. The van der Waals surface area contributed by atoms with Crippen molar-refractivity contribution in [2.45, 2.75) is 51.9 Å². The monoisotopic (exact) mass is 227 g/mol. The van der Waals surface area contributed by atoms with Gasteiger partial charge in [0.2, 0.25) is 0 Å². The lowest BCUT2D eigenvalue weighted by atomic mass is 9.77. The molecule has 1 rings (SSSR count). The number of carboxylic acids is 1. The van der Waals surface area contributed by atoms with Gasteiger partial charge in [-0.1, -0.05) is 39.0 Å². The van der Waals surface area contributed by atoms with Crippen LogP contribution in [0.5, 0.6) is 0 Å². The smallest absolute Gasteiger partial charge is 0.303 e. The molecule has 0 radical (unpaired) electrons. The van der Waals surface area contributed by atoms with E-state index >= 15 is 0 Å². The van der Waals surface area contributed by atoms with Crippen LogP contribution in [0, 0.1) is 17.8 Å². The van der Waals surface area contributed by atoms with Gasteiger partial charge in [0, 0.05) is 6.42 Å². The Hall–Kier alpha value is -0.570. The van der Waals surface area contributed by atoms with Gasteiger partial charge in [0.1, 0.15) is 0 Å². The second-order valence-electron chi connectivity index (χ2n) is 5.31. The Balaban J connectivity index is 2.34. The molecule has 0 heterocycles. The topological polar surface area (TPSA) is 63.3 Å².